The van der Waals surface area contributed by atoms with Crippen LogP contribution in [0.2, 0.25) is 0 Å². The highest BCUT2D eigenvalue weighted by Gasteiger charge is 2.14. The van der Waals surface area contributed by atoms with Crippen LogP contribution in [0.4, 0.5) is 4.79 Å². The van der Waals surface area contributed by atoms with E-state index in [4.69, 9.17) is 11.6 Å². The number of hydrogen-bond acceptors (Lipinski definition) is 2. The minimum atomic E-state index is -0.628. The van der Waals surface area contributed by atoms with Crippen molar-refractivity contribution in [2.75, 3.05) is 0 Å². The first-order valence-electron chi connectivity index (χ1n) is 4.01. The average molecular weight is 179 g/mol. The van der Waals surface area contributed by atoms with Crippen LogP contribution in [0.25, 0.3) is 0 Å². The van der Waals surface area contributed by atoms with E-state index in [0.29, 0.717) is 0 Å². The van der Waals surface area contributed by atoms with E-state index in [1.807, 2.05) is 37.3 Å². The molecule has 0 aliphatic carbocycles. The summed E-state index contributed by atoms with van der Waals surface area (Å²) in [6.07, 6.45) is 0. The van der Waals surface area contributed by atoms with Gasteiger partial charge in [0.25, 0.3) is 0 Å². The highest BCUT2D eigenvalue weighted by atomic mass is 16.2. The van der Waals surface area contributed by atoms with E-state index < -0.39 is 6.03 Å². The van der Waals surface area contributed by atoms with E-state index in [-0.39, 0.29) is 6.04 Å². The maximum absolute atomic E-state index is 10.7. The molecule has 0 fully saturated rings. The molecule has 2 amide bonds. The van der Waals surface area contributed by atoms with Gasteiger partial charge >= 0.3 is 6.03 Å². The van der Waals surface area contributed by atoms with Crippen molar-refractivity contribution in [3.63, 3.8) is 0 Å². The fraction of sp³-hybridized carbons (Fsp3) is 0.222. The summed E-state index contributed by atoms with van der Waals surface area (Å²) in [5.41, 5.74) is 6.00. The normalized spacial score (nSPS) is 12.2. The molecule has 0 saturated carbocycles. The fourth-order valence-corrected chi connectivity index (χ4v) is 1.08. The number of carbonyl (C=O) groups excluding carboxylic acids is 1. The number of primary amides is 1. The topological polar surface area (TPSA) is 72.3 Å². The number of rotatable bonds is 2. The molecule has 4 nitrogen and oxygen atoms in total. The molecule has 0 aliphatic rings. The van der Waals surface area contributed by atoms with Crippen molar-refractivity contribution < 1.29 is 4.79 Å². The molecule has 0 aliphatic heterocycles. The van der Waals surface area contributed by atoms with E-state index in [2.05, 4.69) is 0 Å². The molecule has 0 radical (unpaired) electrons. The van der Waals surface area contributed by atoms with Gasteiger partial charge in [0, 0.05) is 0 Å². The molecule has 1 aromatic rings. The van der Waals surface area contributed by atoms with Crippen LogP contribution in [0.1, 0.15) is 18.5 Å². The molecule has 1 atom stereocenters. The van der Waals surface area contributed by atoms with Crippen LogP contribution in [-0.2, 0) is 0 Å². The van der Waals surface area contributed by atoms with Crippen molar-refractivity contribution in [1.82, 2.24) is 5.01 Å². The van der Waals surface area contributed by atoms with Crippen molar-refractivity contribution in [3.05, 3.63) is 35.9 Å². The summed E-state index contributed by atoms with van der Waals surface area (Å²) in [4.78, 5) is 10.7. The first kappa shape index (κ1) is 9.54. The molecule has 0 saturated heterocycles. The molecular weight excluding hydrogens is 166 g/mol. The lowest BCUT2D eigenvalue weighted by Crippen LogP contribution is -2.43. The molecule has 0 heterocycles. The highest BCUT2D eigenvalue weighted by molar-refractivity contribution is 5.71. The lowest BCUT2D eigenvalue weighted by Gasteiger charge is -2.22. The maximum Gasteiger partial charge on any atom is 0.329 e. The van der Waals surface area contributed by atoms with Gasteiger partial charge in [0.1, 0.15) is 0 Å². The molecule has 1 rings (SSSR count). The summed E-state index contributed by atoms with van der Waals surface area (Å²) < 4.78 is 0. The molecule has 13 heavy (non-hydrogen) atoms. The van der Waals surface area contributed by atoms with Gasteiger partial charge < -0.3 is 5.73 Å². The molecule has 1 aromatic carbocycles. The third kappa shape index (κ3) is 2.19. The third-order valence-corrected chi connectivity index (χ3v) is 1.95. The summed E-state index contributed by atoms with van der Waals surface area (Å²) in [6.45, 7) is 1.82. The predicted octanol–water partition coefficient (Wildman–Crippen LogP) is 1.00. The van der Waals surface area contributed by atoms with Crippen molar-refractivity contribution in [3.8, 4) is 0 Å². The second-order valence-electron chi connectivity index (χ2n) is 2.83. The molecule has 0 spiro atoms. The van der Waals surface area contributed by atoms with Crippen LogP contribution >= 0.6 is 0 Å². The molecule has 4 heteroatoms. The molecule has 0 unspecified atom stereocenters. The standard InChI is InChI=1S/C9H13N3O/c1-7(12(11)9(10)13)8-5-3-2-4-6-8/h2-7H,11H2,1H3,(H2,10,13)/t7-/m0/s1. The van der Waals surface area contributed by atoms with E-state index in [0.717, 1.165) is 10.6 Å². The Hall–Kier alpha value is -1.55. The van der Waals surface area contributed by atoms with Gasteiger partial charge in [-0.2, -0.15) is 0 Å². The predicted molar refractivity (Wildman–Crippen MR) is 50.5 cm³/mol. The summed E-state index contributed by atoms with van der Waals surface area (Å²) in [6, 6.07) is 8.65. The Morgan fingerprint density at radius 1 is 1.38 bits per heavy atom. The Morgan fingerprint density at radius 2 is 1.92 bits per heavy atom. The monoisotopic (exact) mass is 179 g/mol. The Bertz CT molecular complexity index is 286. The first-order chi connectivity index (χ1) is 6.13. The molecule has 4 N–H and O–H groups in total. The number of urea groups is 1. The number of nitrogens with zero attached hydrogens (tertiary/aromatic N) is 1. The lowest BCUT2D eigenvalue weighted by molar-refractivity contribution is 0.190. The second-order valence-corrected chi connectivity index (χ2v) is 2.83. The van der Waals surface area contributed by atoms with E-state index in [1.165, 1.54) is 0 Å². The van der Waals surface area contributed by atoms with Gasteiger partial charge in [-0.3, -0.25) is 5.01 Å². The van der Waals surface area contributed by atoms with E-state index in [1.54, 1.807) is 0 Å². The van der Waals surface area contributed by atoms with Crippen molar-refractivity contribution in [2.24, 2.45) is 11.6 Å². The van der Waals surface area contributed by atoms with Crippen LogP contribution < -0.4 is 11.6 Å². The van der Waals surface area contributed by atoms with Gasteiger partial charge in [-0.1, -0.05) is 30.3 Å². The summed E-state index contributed by atoms with van der Waals surface area (Å²) >= 11 is 0. The van der Waals surface area contributed by atoms with Crippen molar-refractivity contribution >= 4 is 6.03 Å². The fourth-order valence-electron chi connectivity index (χ4n) is 1.08. The van der Waals surface area contributed by atoms with Crippen molar-refractivity contribution in [2.45, 2.75) is 13.0 Å². The number of hydrazine groups is 1. The second kappa shape index (κ2) is 3.91. The Kier molecular flexibility index (Phi) is 2.87. The Balaban J connectivity index is 2.79. The summed E-state index contributed by atoms with van der Waals surface area (Å²) in [5, 5.41) is 1.01. The summed E-state index contributed by atoms with van der Waals surface area (Å²) in [5.74, 6) is 5.45. The van der Waals surface area contributed by atoms with Gasteiger partial charge in [0.2, 0.25) is 0 Å². The quantitative estimate of drug-likeness (QED) is 0.404. The van der Waals surface area contributed by atoms with Gasteiger partial charge in [0.05, 0.1) is 6.04 Å². The van der Waals surface area contributed by atoms with Gasteiger partial charge in [-0.25, -0.2) is 10.6 Å². The van der Waals surface area contributed by atoms with Gasteiger partial charge in [0.15, 0.2) is 0 Å². The zero-order valence-electron chi connectivity index (χ0n) is 7.47. The smallest absolute Gasteiger partial charge is 0.329 e. The minimum absolute atomic E-state index is 0.196. The number of benzene rings is 1. The van der Waals surface area contributed by atoms with Gasteiger partial charge in [-0.15, -0.1) is 0 Å². The van der Waals surface area contributed by atoms with Crippen LogP contribution in [0.5, 0.6) is 0 Å². The molecular formula is C9H13N3O. The van der Waals surface area contributed by atoms with Crippen molar-refractivity contribution in [1.29, 1.82) is 0 Å². The van der Waals surface area contributed by atoms with Crippen LogP contribution in [-0.4, -0.2) is 11.0 Å². The Morgan fingerprint density at radius 3 is 2.38 bits per heavy atom. The van der Waals surface area contributed by atoms with E-state index in [9.17, 15) is 4.79 Å². The number of carbonyl (C=O) groups is 1. The summed E-state index contributed by atoms with van der Waals surface area (Å²) in [7, 11) is 0. The van der Waals surface area contributed by atoms with Crippen LogP contribution in [0.15, 0.2) is 30.3 Å². The zero-order valence-corrected chi connectivity index (χ0v) is 7.47. The number of nitrogens with two attached hydrogens (primary N) is 2. The highest BCUT2D eigenvalue weighted by Crippen LogP contribution is 2.15. The molecule has 0 bridgehead atoms. The Labute approximate surface area is 77.1 Å². The zero-order chi connectivity index (χ0) is 9.84. The number of amides is 2. The number of hydrogen-bond donors (Lipinski definition) is 2. The molecule has 70 valence electrons. The van der Waals surface area contributed by atoms with Crippen LogP contribution in [0, 0.1) is 0 Å². The van der Waals surface area contributed by atoms with Crippen LogP contribution in [0.3, 0.4) is 0 Å². The third-order valence-electron chi connectivity index (χ3n) is 1.95. The largest absolute Gasteiger partial charge is 0.350 e. The van der Waals surface area contributed by atoms with Gasteiger partial charge in [-0.05, 0) is 12.5 Å². The molecule has 0 aromatic heterocycles. The SMILES string of the molecule is C[C@@H](c1ccccc1)N(N)C(N)=O. The maximum atomic E-state index is 10.7. The average Bonchev–Trinajstić information content (AvgIpc) is 2.17. The first-order valence-corrected chi connectivity index (χ1v) is 4.01. The minimum Gasteiger partial charge on any atom is -0.350 e. The van der Waals surface area contributed by atoms with E-state index >= 15 is 0 Å². The lowest BCUT2D eigenvalue weighted by atomic mass is 10.1.